The van der Waals surface area contributed by atoms with E-state index >= 15 is 0 Å². The maximum Gasteiger partial charge on any atom is 0.241 e. The lowest BCUT2D eigenvalue weighted by Crippen LogP contribution is -2.40. The van der Waals surface area contributed by atoms with Gasteiger partial charge in [-0.2, -0.15) is 0 Å². The van der Waals surface area contributed by atoms with Crippen LogP contribution in [0, 0.1) is 5.92 Å². The molecule has 6 heteroatoms. The molecule has 0 aliphatic carbocycles. The molecule has 134 valence electrons. The molecule has 0 aliphatic rings. The number of hydrogen-bond acceptors (Lipinski definition) is 5. The summed E-state index contributed by atoms with van der Waals surface area (Å²) >= 11 is 0. The van der Waals surface area contributed by atoms with Crippen molar-refractivity contribution in [1.29, 1.82) is 0 Å². The number of anilines is 1. The zero-order chi connectivity index (χ0) is 18.2. The Morgan fingerprint density at radius 1 is 1.24 bits per heavy atom. The van der Waals surface area contributed by atoms with E-state index in [9.17, 15) is 4.79 Å². The monoisotopic (exact) mass is 343 g/mol. The number of hydrogen-bond donors (Lipinski definition) is 2. The third-order valence-corrected chi connectivity index (χ3v) is 4.13. The fourth-order valence-electron chi connectivity index (χ4n) is 2.25. The minimum atomic E-state index is -0.548. The molecule has 2 atom stereocenters. The fourth-order valence-corrected chi connectivity index (χ4v) is 2.25. The summed E-state index contributed by atoms with van der Waals surface area (Å²) in [6, 6.07) is 8.47. The SMILES string of the molecule is CCC(C)C(N)C(=O)Nc1ccc(OC)c(OCc2ccncc2)c1. The molecule has 0 aliphatic heterocycles. The standard InChI is InChI=1S/C19H25N3O3/c1-4-13(2)18(20)19(23)22-15-5-6-16(24-3)17(11-15)25-12-14-7-9-21-10-8-14/h5-11,13,18H,4,12,20H2,1-3H3,(H,22,23). The normalized spacial score (nSPS) is 13.0. The van der Waals surface area contributed by atoms with Gasteiger partial charge < -0.3 is 20.5 Å². The van der Waals surface area contributed by atoms with Crippen LogP contribution in [-0.2, 0) is 11.4 Å². The number of carbonyl (C=O) groups excluding carboxylic acids is 1. The molecule has 0 bridgehead atoms. The van der Waals surface area contributed by atoms with Gasteiger partial charge >= 0.3 is 0 Å². The molecular formula is C19H25N3O3. The van der Waals surface area contributed by atoms with Crippen molar-refractivity contribution in [2.75, 3.05) is 12.4 Å². The van der Waals surface area contributed by atoms with E-state index in [1.54, 1.807) is 37.7 Å². The number of methoxy groups -OCH3 is 1. The van der Waals surface area contributed by atoms with Gasteiger partial charge in [0, 0.05) is 24.1 Å². The quantitative estimate of drug-likeness (QED) is 0.769. The Labute approximate surface area is 148 Å². The van der Waals surface area contributed by atoms with Gasteiger partial charge in [-0.15, -0.1) is 0 Å². The predicted octanol–water partition coefficient (Wildman–Crippen LogP) is 2.98. The number of nitrogens with zero attached hydrogens (tertiary/aromatic N) is 1. The average molecular weight is 343 g/mol. The van der Waals surface area contributed by atoms with Crippen molar-refractivity contribution < 1.29 is 14.3 Å². The molecule has 0 saturated carbocycles. The second-order valence-electron chi connectivity index (χ2n) is 5.91. The lowest BCUT2D eigenvalue weighted by Gasteiger charge is -2.18. The van der Waals surface area contributed by atoms with Crippen molar-refractivity contribution >= 4 is 11.6 Å². The van der Waals surface area contributed by atoms with Gasteiger partial charge in [-0.3, -0.25) is 9.78 Å². The first-order valence-electron chi connectivity index (χ1n) is 8.31. The van der Waals surface area contributed by atoms with Crippen LogP contribution in [0.3, 0.4) is 0 Å². The Balaban J connectivity index is 2.09. The highest BCUT2D eigenvalue weighted by Gasteiger charge is 2.20. The minimum absolute atomic E-state index is 0.112. The highest BCUT2D eigenvalue weighted by atomic mass is 16.5. The third-order valence-electron chi connectivity index (χ3n) is 4.13. The third kappa shape index (κ3) is 5.19. The molecule has 2 aromatic rings. The Bertz CT molecular complexity index is 692. The first-order valence-corrected chi connectivity index (χ1v) is 8.31. The molecule has 3 N–H and O–H groups in total. The highest BCUT2D eigenvalue weighted by Crippen LogP contribution is 2.31. The van der Waals surface area contributed by atoms with Crippen molar-refractivity contribution in [1.82, 2.24) is 4.98 Å². The first-order chi connectivity index (χ1) is 12.0. The topological polar surface area (TPSA) is 86.5 Å². The van der Waals surface area contributed by atoms with Crippen LogP contribution < -0.4 is 20.5 Å². The molecule has 0 spiro atoms. The Morgan fingerprint density at radius 2 is 1.96 bits per heavy atom. The maximum atomic E-state index is 12.2. The van der Waals surface area contributed by atoms with Gasteiger partial charge in [-0.25, -0.2) is 0 Å². The van der Waals surface area contributed by atoms with Gasteiger partial charge in [0.15, 0.2) is 11.5 Å². The van der Waals surface area contributed by atoms with Crippen LogP contribution in [-0.4, -0.2) is 24.0 Å². The number of nitrogens with two attached hydrogens (primary N) is 1. The van der Waals surface area contributed by atoms with Crippen molar-refractivity contribution in [3.8, 4) is 11.5 Å². The molecule has 1 aromatic heterocycles. The molecule has 2 rings (SSSR count). The number of carbonyl (C=O) groups is 1. The maximum absolute atomic E-state index is 12.2. The van der Waals surface area contributed by atoms with Gasteiger partial charge in [-0.05, 0) is 35.7 Å². The summed E-state index contributed by atoms with van der Waals surface area (Å²) in [5.41, 5.74) is 7.58. The molecule has 6 nitrogen and oxygen atoms in total. The van der Waals surface area contributed by atoms with Crippen LogP contribution in [0.5, 0.6) is 11.5 Å². The summed E-state index contributed by atoms with van der Waals surface area (Å²) < 4.78 is 11.2. The van der Waals surface area contributed by atoms with Crippen LogP contribution in [0.25, 0.3) is 0 Å². The smallest absolute Gasteiger partial charge is 0.241 e. The molecule has 1 amide bonds. The largest absolute Gasteiger partial charge is 0.493 e. The van der Waals surface area contributed by atoms with Crippen LogP contribution in [0.2, 0.25) is 0 Å². The van der Waals surface area contributed by atoms with E-state index in [1.165, 1.54) is 0 Å². The lowest BCUT2D eigenvalue weighted by molar-refractivity contribution is -0.118. The number of amides is 1. The number of aromatic nitrogens is 1. The van der Waals surface area contributed by atoms with E-state index in [0.717, 1.165) is 12.0 Å². The molecule has 25 heavy (non-hydrogen) atoms. The average Bonchev–Trinajstić information content (AvgIpc) is 2.66. The van der Waals surface area contributed by atoms with Gasteiger partial charge in [0.25, 0.3) is 0 Å². The van der Waals surface area contributed by atoms with Crippen LogP contribution in [0.1, 0.15) is 25.8 Å². The van der Waals surface area contributed by atoms with E-state index in [-0.39, 0.29) is 11.8 Å². The number of pyridine rings is 1. The second kappa shape index (κ2) is 9.03. The molecule has 0 saturated heterocycles. The summed E-state index contributed by atoms with van der Waals surface area (Å²) in [5.74, 6) is 1.05. The second-order valence-corrected chi connectivity index (χ2v) is 5.91. The number of rotatable bonds is 8. The molecule has 0 fully saturated rings. The van der Waals surface area contributed by atoms with E-state index in [1.807, 2.05) is 26.0 Å². The molecular weight excluding hydrogens is 318 g/mol. The minimum Gasteiger partial charge on any atom is -0.493 e. The molecule has 1 aromatic carbocycles. The van der Waals surface area contributed by atoms with Gasteiger partial charge in [0.2, 0.25) is 5.91 Å². The number of nitrogens with one attached hydrogen (secondary N) is 1. The number of benzene rings is 1. The Hall–Kier alpha value is -2.60. The van der Waals surface area contributed by atoms with Crippen molar-refractivity contribution in [3.63, 3.8) is 0 Å². The summed E-state index contributed by atoms with van der Waals surface area (Å²) in [6.07, 6.45) is 4.27. The summed E-state index contributed by atoms with van der Waals surface area (Å²) in [7, 11) is 1.58. The van der Waals surface area contributed by atoms with E-state index in [2.05, 4.69) is 10.3 Å². The van der Waals surface area contributed by atoms with Gasteiger partial charge in [0.1, 0.15) is 6.61 Å². The highest BCUT2D eigenvalue weighted by molar-refractivity contribution is 5.95. The zero-order valence-electron chi connectivity index (χ0n) is 14.9. The Morgan fingerprint density at radius 3 is 2.60 bits per heavy atom. The molecule has 0 radical (unpaired) electrons. The Kier molecular flexibility index (Phi) is 6.77. The van der Waals surface area contributed by atoms with Crippen molar-refractivity contribution in [2.45, 2.75) is 32.9 Å². The van der Waals surface area contributed by atoms with Gasteiger partial charge in [-0.1, -0.05) is 20.3 Å². The van der Waals surface area contributed by atoms with Crippen molar-refractivity contribution in [3.05, 3.63) is 48.3 Å². The molecule has 2 unspecified atom stereocenters. The van der Waals surface area contributed by atoms with Gasteiger partial charge in [0.05, 0.1) is 13.2 Å². The number of ether oxygens (including phenoxy) is 2. The summed E-state index contributed by atoms with van der Waals surface area (Å²) in [6.45, 7) is 4.35. The van der Waals surface area contributed by atoms with E-state index in [4.69, 9.17) is 15.2 Å². The van der Waals surface area contributed by atoms with Crippen LogP contribution in [0.4, 0.5) is 5.69 Å². The predicted molar refractivity (Wildman–Crippen MR) is 97.6 cm³/mol. The lowest BCUT2D eigenvalue weighted by atomic mass is 9.99. The molecule has 1 heterocycles. The van der Waals surface area contributed by atoms with E-state index in [0.29, 0.717) is 23.8 Å². The van der Waals surface area contributed by atoms with Crippen LogP contribution >= 0.6 is 0 Å². The van der Waals surface area contributed by atoms with Crippen molar-refractivity contribution in [2.24, 2.45) is 11.7 Å². The zero-order valence-corrected chi connectivity index (χ0v) is 14.9. The first kappa shape index (κ1) is 18.7. The van der Waals surface area contributed by atoms with Crippen LogP contribution in [0.15, 0.2) is 42.7 Å². The summed E-state index contributed by atoms with van der Waals surface area (Å²) in [5, 5.41) is 2.84. The van der Waals surface area contributed by atoms with E-state index < -0.39 is 6.04 Å². The summed E-state index contributed by atoms with van der Waals surface area (Å²) in [4.78, 5) is 16.2. The fraction of sp³-hybridized carbons (Fsp3) is 0.368.